The van der Waals surface area contributed by atoms with Gasteiger partial charge >= 0.3 is 0 Å². The van der Waals surface area contributed by atoms with Crippen LogP contribution in [0, 0.1) is 5.41 Å². The van der Waals surface area contributed by atoms with Gasteiger partial charge in [0.2, 0.25) is 0 Å². The molecule has 2 rings (SSSR count). The summed E-state index contributed by atoms with van der Waals surface area (Å²) in [6.07, 6.45) is 0.590. The van der Waals surface area contributed by atoms with Gasteiger partial charge in [-0.3, -0.25) is 4.90 Å². The Hall–Kier alpha value is -0.900. The summed E-state index contributed by atoms with van der Waals surface area (Å²) < 4.78 is 0. The fourth-order valence-electron chi connectivity index (χ4n) is 2.71. The highest BCUT2D eigenvalue weighted by atomic mass is 16.3. The largest absolute Gasteiger partial charge is 0.377 e. The Morgan fingerprint density at radius 2 is 1.95 bits per heavy atom. The van der Waals surface area contributed by atoms with Gasteiger partial charge in [-0.25, -0.2) is 0 Å². The molecule has 2 atom stereocenters. The molecule has 1 aromatic rings. The Bertz CT molecular complexity index is 385. The molecule has 3 heteroatoms. The molecule has 3 nitrogen and oxygen atoms in total. The van der Waals surface area contributed by atoms with Crippen LogP contribution in [0.5, 0.6) is 0 Å². The highest BCUT2D eigenvalue weighted by Gasteiger charge is 2.32. The van der Waals surface area contributed by atoms with Crippen LogP contribution in [-0.4, -0.2) is 35.4 Å². The van der Waals surface area contributed by atoms with Crippen LogP contribution >= 0.6 is 0 Å². The van der Waals surface area contributed by atoms with Crippen LogP contribution in [0.2, 0.25) is 0 Å². The van der Waals surface area contributed by atoms with Crippen LogP contribution in [0.1, 0.15) is 32.8 Å². The Balaban J connectivity index is 1.98. The van der Waals surface area contributed by atoms with E-state index in [0.29, 0.717) is 0 Å². The molecule has 1 fully saturated rings. The van der Waals surface area contributed by atoms with Gasteiger partial charge in [0.25, 0.3) is 0 Å². The maximum absolute atomic E-state index is 10.5. The Kier molecular flexibility index (Phi) is 4.61. The van der Waals surface area contributed by atoms with E-state index in [0.717, 1.165) is 26.1 Å². The van der Waals surface area contributed by atoms with Crippen LogP contribution in [0.4, 0.5) is 0 Å². The van der Waals surface area contributed by atoms with Crippen molar-refractivity contribution in [1.82, 2.24) is 10.2 Å². The van der Waals surface area contributed by atoms with Gasteiger partial charge in [-0.15, -0.1) is 0 Å². The van der Waals surface area contributed by atoms with E-state index >= 15 is 0 Å². The zero-order valence-electron chi connectivity index (χ0n) is 12.3. The Morgan fingerprint density at radius 3 is 2.58 bits per heavy atom. The van der Waals surface area contributed by atoms with Gasteiger partial charge in [0, 0.05) is 25.7 Å². The number of benzene rings is 1. The molecule has 0 bridgehead atoms. The minimum absolute atomic E-state index is 0.164. The second kappa shape index (κ2) is 6.04. The molecular weight excluding hydrogens is 236 g/mol. The Morgan fingerprint density at radius 1 is 1.26 bits per heavy atom. The van der Waals surface area contributed by atoms with Crippen molar-refractivity contribution in [2.45, 2.75) is 46.0 Å². The van der Waals surface area contributed by atoms with Crippen LogP contribution in [-0.2, 0) is 6.54 Å². The van der Waals surface area contributed by atoms with Gasteiger partial charge in [0.05, 0.1) is 0 Å². The van der Waals surface area contributed by atoms with Crippen molar-refractivity contribution in [1.29, 1.82) is 0 Å². The van der Waals surface area contributed by atoms with Crippen molar-refractivity contribution < 1.29 is 5.11 Å². The van der Waals surface area contributed by atoms with E-state index in [1.807, 2.05) is 6.07 Å². The summed E-state index contributed by atoms with van der Waals surface area (Å²) in [4.78, 5) is 2.17. The number of hydrogen-bond donors (Lipinski definition) is 2. The highest BCUT2D eigenvalue weighted by Crippen LogP contribution is 2.25. The Labute approximate surface area is 116 Å². The normalized spacial score (nSPS) is 25.5. The maximum atomic E-state index is 10.5. The molecule has 1 aliphatic heterocycles. The number of rotatable bonds is 3. The third-order valence-corrected chi connectivity index (χ3v) is 3.60. The molecule has 0 amide bonds. The number of aliphatic hydroxyl groups excluding tert-OH is 1. The third-order valence-electron chi connectivity index (χ3n) is 3.60. The minimum Gasteiger partial charge on any atom is -0.377 e. The molecule has 1 heterocycles. The average molecular weight is 262 g/mol. The summed E-state index contributed by atoms with van der Waals surface area (Å²) in [5.41, 5.74) is 1.49. The van der Waals surface area contributed by atoms with E-state index in [-0.39, 0.29) is 11.5 Å². The molecule has 1 aliphatic rings. The van der Waals surface area contributed by atoms with Gasteiger partial charge < -0.3 is 10.4 Å². The molecule has 2 N–H and O–H groups in total. The molecule has 0 saturated carbocycles. The molecule has 1 aromatic carbocycles. The monoisotopic (exact) mass is 262 g/mol. The quantitative estimate of drug-likeness (QED) is 0.877. The summed E-state index contributed by atoms with van der Waals surface area (Å²) >= 11 is 0. The number of nitrogens with one attached hydrogen (secondary N) is 1. The maximum Gasteiger partial charge on any atom is 0.123 e. The summed E-state index contributed by atoms with van der Waals surface area (Å²) in [6.45, 7) is 9.33. The number of piperazine rings is 1. The van der Waals surface area contributed by atoms with Crippen LogP contribution < -0.4 is 5.32 Å². The number of nitrogens with zero attached hydrogens (tertiary/aromatic N) is 1. The summed E-state index contributed by atoms with van der Waals surface area (Å²) in [6, 6.07) is 10.5. The summed E-state index contributed by atoms with van der Waals surface area (Å²) in [5.74, 6) is 0. The van der Waals surface area contributed by atoms with E-state index in [4.69, 9.17) is 0 Å². The van der Waals surface area contributed by atoms with E-state index in [9.17, 15) is 5.11 Å². The predicted octanol–water partition coefficient (Wildman–Crippen LogP) is 2.22. The van der Waals surface area contributed by atoms with Gasteiger partial charge in [-0.2, -0.15) is 0 Å². The molecule has 0 radical (unpaired) electrons. The number of hydrogen-bond acceptors (Lipinski definition) is 3. The first-order chi connectivity index (χ1) is 8.96. The lowest BCUT2D eigenvalue weighted by atomic mass is 9.86. The average Bonchev–Trinajstić information content (AvgIpc) is 2.34. The van der Waals surface area contributed by atoms with Gasteiger partial charge in [-0.05, 0) is 17.4 Å². The zero-order chi connectivity index (χ0) is 13.9. The van der Waals surface area contributed by atoms with Crippen molar-refractivity contribution in [2.24, 2.45) is 5.41 Å². The molecule has 19 heavy (non-hydrogen) atoms. The van der Waals surface area contributed by atoms with Crippen molar-refractivity contribution in [2.75, 3.05) is 13.1 Å². The molecule has 0 aromatic heterocycles. The van der Waals surface area contributed by atoms with E-state index < -0.39 is 6.23 Å². The van der Waals surface area contributed by atoms with Crippen molar-refractivity contribution in [3.8, 4) is 0 Å². The molecular formula is C16H26N2O. The molecule has 0 aliphatic carbocycles. The van der Waals surface area contributed by atoms with Crippen LogP contribution in [0.15, 0.2) is 30.3 Å². The molecule has 1 saturated heterocycles. The first-order valence-electron chi connectivity index (χ1n) is 7.15. The molecule has 2 unspecified atom stereocenters. The van der Waals surface area contributed by atoms with E-state index in [2.05, 4.69) is 55.3 Å². The summed E-state index contributed by atoms with van der Waals surface area (Å²) in [5, 5.41) is 14.0. The standard InChI is InChI=1S/C16H26N2O/c1-16(2,3)11-14-15(19)18(10-9-17-14)12-13-7-5-4-6-8-13/h4-8,14-15,17,19H,9-12H2,1-3H3. The highest BCUT2D eigenvalue weighted by molar-refractivity contribution is 5.14. The topological polar surface area (TPSA) is 35.5 Å². The van der Waals surface area contributed by atoms with Gasteiger partial charge in [0.15, 0.2) is 0 Å². The first-order valence-corrected chi connectivity index (χ1v) is 7.15. The van der Waals surface area contributed by atoms with Crippen LogP contribution in [0.25, 0.3) is 0 Å². The third kappa shape index (κ3) is 4.30. The summed E-state index contributed by atoms with van der Waals surface area (Å²) in [7, 11) is 0. The molecule has 106 valence electrons. The first kappa shape index (κ1) is 14.5. The van der Waals surface area contributed by atoms with Crippen molar-refractivity contribution >= 4 is 0 Å². The lowest BCUT2D eigenvalue weighted by molar-refractivity contribution is -0.0584. The number of aliphatic hydroxyl groups is 1. The zero-order valence-corrected chi connectivity index (χ0v) is 12.3. The lowest BCUT2D eigenvalue weighted by Gasteiger charge is -2.41. The molecule has 0 spiro atoms. The predicted molar refractivity (Wildman–Crippen MR) is 78.7 cm³/mol. The lowest BCUT2D eigenvalue weighted by Crippen LogP contribution is -2.58. The van der Waals surface area contributed by atoms with Crippen molar-refractivity contribution in [3.05, 3.63) is 35.9 Å². The SMILES string of the molecule is CC(C)(C)CC1NCCN(Cc2ccccc2)C1O. The van der Waals surface area contributed by atoms with Crippen LogP contribution in [0.3, 0.4) is 0 Å². The van der Waals surface area contributed by atoms with Gasteiger partial charge in [-0.1, -0.05) is 51.1 Å². The fraction of sp³-hybridized carbons (Fsp3) is 0.625. The van der Waals surface area contributed by atoms with Gasteiger partial charge in [0.1, 0.15) is 6.23 Å². The smallest absolute Gasteiger partial charge is 0.123 e. The fourth-order valence-corrected chi connectivity index (χ4v) is 2.71. The van der Waals surface area contributed by atoms with Crippen molar-refractivity contribution in [3.63, 3.8) is 0 Å². The van der Waals surface area contributed by atoms with E-state index in [1.54, 1.807) is 0 Å². The minimum atomic E-state index is -0.395. The second-order valence-electron chi connectivity index (χ2n) is 6.70. The van der Waals surface area contributed by atoms with E-state index in [1.165, 1.54) is 5.56 Å². The second-order valence-corrected chi connectivity index (χ2v) is 6.70.